The molecule has 2 heterocycles. The SMILES string of the molecule is N#Cc1ccc2c(c1)OCCC2N1CCN(c2ccc(Cl)cc2C#N)[C@H](c2ccc(Cl)cc2)C1. The zero-order chi connectivity index (χ0) is 23.7. The van der Waals surface area contributed by atoms with Crippen LogP contribution in [0, 0.1) is 22.7 Å². The molecule has 2 aliphatic rings. The predicted octanol–water partition coefficient (Wildman–Crippen LogP) is 6.12. The fourth-order valence-electron chi connectivity index (χ4n) is 5.01. The highest BCUT2D eigenvalue weighted by Crippen LogP contribution is 2.41. The first-order chi connectivity index (χ1) is 16.6. The third kappa shape index (κ3) is 4.31. The molecule has 1 unspecified atom stereocenters. The fraction of sp³-hybridized carbons (Fsp3) is 0.259. The number of hydrogen-bond donors (Lipinski definition) is 0. The fourth-order valence-corrected chi connectivity index (χ4v) is 5.31. The van der Waals surface area contributed by atoms with E-state index in [1.807, 2.05) is 42.5 Å². The van der Waals surface area contributed by atoms with Crippen LogP contribution in [0.2, 0.25) is 10.0 Å². The molecule has 3 aromatic rings. The summed E-state index contributed by atoms with van der Waals surface area (Å²) < 4.78 is 5.89. The summed E-state index contributed by atoms with van der Waals surface area (Å²) in [6, 6.07) is 23.9. The molecule has 0 N–H and O–H groups in total. The number of piperazine rings is 1. The molecule has 0 spiro atoms. The summed E-state index contributed by atoms with van der Waals surface area (Å²) in [7, 11) is 0. The Morgan fingerprint density at radius 1 is 0.853 bits per heavy atom. The van der Waals surface area contributed by atoms with Crippen molar-refractivity contribution in [3.63, 3.8) is 0 Å². The number of fused-ring (bicyclic) bond motifs is 1. The highest BCUT2D eigenvalue weighted by molar-refractivity contribution is 6.31. The average Bonchev–Trinajstić information content (AvgIpc) is 2.88. The van der Waals surface area contributed by atoms with E-state index >= 15 is 0 Å². The molecule has 2 atom stereocenters. The minimum atomic E-state index is 0.0315. The van der Waals surface area contributed by atoms with Gasteiger partial charge >= 0.3 is 0 Å². The Morgan fingerprint density at radius 2 is 1.65 bits per heavy atom. The molecular formula is C27H22Cl2N4O. The van der Waals surface area contributed by atoms with Crippen molar-refractivity contribution >= 4 is 28.9 Å². The summed E-state index contributed by atoms with van der Waals surface area (Å²) in [6.45, 7) is 2.99. The van der Waals surface area contributed by atoms with Crippen LogP contribution in [0.25, 0.3) is 0 Å². The van der Waals surface area contributed by atoms with Crippen LogP contribution in [0.1, 0.15) is 40.8 Å². The van der Waals surface area contributed by atoms with Gasteiger partial charge in [0.15, 0.2) is 0 Å². The third-order valence-electron chi connectivity index (χ3n) is 6.65. The van der Waals surface area contributed by atoms with Gasteiger partial charge in [0.1, 0.15) is 11.8 Å². The molecule has 0 radical (unpaired) electrons. The van der Waals surface area contributed by atoms with Crippen molar-refractivity contribution in [3.05, 3.63) is 93.0 Å². The number of ether oxygens (including phenoxy) is 1. The van der Waals surface area contributed by atoms with Crippen LogP contribution in [0.5, 0.6) is 5.75 Å². The smallest absolute Gasteiger partial charge is 0.125 e. The zero-order valence-electron chi connectivity index (χ0n) is 18.4. The molecule has 3 aromatic carbocycles. The molecule has 7 heteroatoms. The topological polar surface area (TPSA) is 63.3 Å². The van der Waals surface area contributed by atoms with Gasteiger partial charge in [-0.1, -0.05) is 41.4 Å². The van der Waals surface area contributed by atoms with E-state index in [0.29, 0.717) is 27.8 Å². The van der Waals surface area contributed by atoms with E-state index in [4.69, 9.17) is 27.9 Å². The summed E-state index contributed by atoms with van der Waals surface area (Å²) >= 11 is 12.4. The van der Waals surface area contributed by atoms with E-state index in [-0.39, 0.29) is 12.1 Å². The Kier molecular flexibility index (Phi) is 6.35. The van der Waals surface area contributed by atoms with E-state index in [0.717, 1.165) is 48.6 Å². The normalized spacial score (nSPS) is 20.1. The first-order valence-electron chi connectivity index (χ1n) is 11.2. The number of rotatable bonds is 3. The number of anilines is 1. The van der Waals surface area contributed by atoms with Crippen LogP contribution in [-0.4, -0.2) is 31.1 Å². The van der Waals surface area contributed by atoms with E-state index in [1.54, 1.807) is 6.07 Å². The maximum absolute atomic E-state index is 9.77. The lowest BCUT2D eigenvalue weighted by molar-refractivity contribution is 0.117. The summed E-state index contributed by atoms with van der Waals surface area (Å²) in [4.78, 5) is 4.79. The lowest BCUT2D eigenvalue weighted by Gasteiger charge is -2.47. The van der Waals surface area contributed by atoms with Crippen molar-refractivity contribution in [2.24, 2.45) is 0 Å². The van der Waals surface area contributed by atoms with Crippen molar-refractivity contribution in [1.82, 2.24) is 4.90 Å². The van der Waals surface area contributed by atoms with Gasteiger partial charge in [-0.3, -0.25) is 4.90 Å². The summed E-state index contributed by atoms with van der Waals surface area (Å²) in [5, 5.41) is 20.3. The minimum absolute atomic E-state index is 0.0315. The number of halogens is 2. The van der Waals surface area contributed by atoms with Crippen LogP contribution in [0.3, 0.4) is 0 Å². The van der Waals surface area contributed by atoms with Crippen molar-refractivity contribution in [3.8, 4) is 17.9 Å². The Bertz CT molecular complexity index is 1300. The van der Waals surface area contributed by atoms with E-state index in [9.17, 15) is 10.5 Å². The molecule has 34 heavy (non-hydrogen) atoms. The molecule has 5 rings (SSSR count). The van der Waals surface area contributed by atoms with Crippen LogP contribution in [-0.2, 0) is 0 Å². The molecule has 0 bridgehead atoms. The van der Waals surface area contributed by atoms with Gasteiger partial charge in [-0.2, -0.15) is 10.5 Å². The maximum atomic E-state index is 9.77. The quantitative estimate of drug-likeness (QED) is 0.443. The minimum Gasteiger partial charge on any atom is -0.493 e. The number of benzene rings is 3. The van der Waals surface area contributed by atoms with Gasteiger partial charge in [-0.15, -0.1) is 0 Å². The van der Waals surface area contributed by atoms with Crippen molar-refractivity contribution < 1.29 is 4.74 Å². The van der Waals surface area contributed by atoms with Crippen LogP contribution < -0.4 is 9.64 Å². The first-order valence-corrected chi connectivity index (χ1v) is 12.0. The Balaban J connectivity index is 1.51. The number of hydrogen-bond acceptors (Lipinski definition) is 5. The molecule has 1 fully saturated rings. The lowest BCUT2D eigenvalue weighted by atomic mass is 9.94. The molecule has 170 valence electrons. The molecule has 2 aliphatic heterocycles. The molecule has 0 amide bonds. The highest BCUT2D eigenvalue weighted by atomic mass is 35.5. The van der Waals surface area contributed by atoms with Gasteiger partial charge < -0.3 is 9.64 Å². The summed E-state index contributed by atoms with van der Waals surface area (Å²) in [5.74, 6) is 0.797. The zero-order valence-corrected chi connectivity index (χ0v) is 19.9. The molecular weight excluding hydrogens is 467 g/mol. The Labute approximate surface area is 209 Å². The summed E-state index contributed by atoms with van der Waals surface area (Å²) in [6.07, 6.45) is 0.886. The van der Waals surface area contributed by atoms with Gasteiger partial charge in [0, 0.05) is 47.7 Å². The first kappa shape index (κ1) is 22.6. The largest absolute Gasteiger partial charge is 0.493 e. The second-order valence-corrected chi connectivity index (χ2v) is 9.42. The van der Waals surface area contributed by atoms with Gasteiger partial charge in [0.2, 0.25) is 0 Å². The lowest BCUT2D eigenvalue weighted by Crippen LogP contribution is -2.50. The third-order valence-corrected chi connectivity index (χ3v) is 7.13. The predicted molar refractivity (Wildman–Crippen MR) is 133 cm³/mol. The maximum Gasteiger partial charge on any atom is 0.125 e. The monoisotopic (exact) mass is 488 g/mol. The number of nitriles is 2. The standard InChI is InChI=1S/C27H22Cl2N4O/c28-21-4-2-19(3-5-21)26-17-32(10-11-33(26)24-8-6-22(29)14-20(24)16-31)25-9-12-34-27-13-18(15-30)1-7-23(25)27/h1-8,13-14,25-26H,9-12,17H2/t25?,26-/m0/s1. The van der Waals surface area contributed by atoms with Gasteiger partial charge in [-0.05, 0) is 48.0 Å². The molecule has 0 saturated carbocycles. The van der Waals surface area contributed by atoms with Crippen molar-refractivity contribution in [1.29, 1.82) is 10.5 Å². The van der Waals surface area contributed by atoms with Crippen LogP contribution >= 0.6 is 23.2 Å². The van der Waals surface area contributed by atoms with Gasteiger partial charge in [0.25, 0.3) is 0 Å². The molecule has 5 nitrogen and oxygen atoms in total. The summed E-state index contributed by atoms with van der Waals surface area (Å²) in [5.41, 5.74) is 4.32. The Morgan fingerprint density at radius 3 is 2.41 bits per heavy atom. The van der Waals surface area contributed by atoms with Crippen molar-refractivity contribution in [2.75, 3.05) is 31.1 Å². The van der Waals surface area contributed by atoms with Crippen LogP contribution in [0.15, 0.2) is 60.7 Å². The molecule has 1 saturated heterocycles. The van der Waals surface area contributed by atoms with E-state index in [1.165, 1.54) is 0 Å². The van der Waals surface area contributed by atoms with E-state index in [2.05, 4.69) is 34.1 Å². The second kappa shape index (κ2) is 9.57. The molecule has 0 aromatic heterocycles. The van der Waals surface area contributed by atoms with Crippen molar-refractivity contribution in [2.45, 2.75) is 18.5 Å². The highest BCUT2D eigenvalue weighted by Gasteiger charge is 2.35. The van der Waals surface area contributed by atoms with Crippen LogP contribution in [0.4, 0.5) is 5.69 Å². The average molecular weight is 489 g/mol. The van der Waals surface area contributed by atoms with Gasteiger partial charge in [0.05, 0.1) is 35.5 Å². The second-order valence-electron chi connectivity index (χ2n) is 8.55. The molecule has 0 aliphatic carbocycles. The van der Waals surface area contributed by atoms with Gasteiger partial charge in [-0.25, -0.2) is 0 Å². The number of nitrogens with zero attached hydrogens (tertiary/aromatic N) is 4. The van der Waals surface area contributed by atoms with E-state index < -0.39 is 0 Å². The Hall–Kier alpha value is -3.22.